The Morgan fingerprint density at radius 1 is 1.32 bits per heavy atom. The van der Waals surface area contributed by atoms with Gasteiger partial charge in [0, 0.05) is 6.54 Å². The van der Waals surface area contributed by atoms with Gasteiger partial charge in [-0.25, -0.2) is 0 Å². The van der Waals surface area contributed by atoms with Gasteiger partial charge in [-0.2, -0.15) is 0 Å². The van der Waals surface area contributed by atoms with Gasteiger partial charge in [0.15, 0.2) is 0 Å². The number of hydrogen-bond acceptors (Lipinski definition) is 2. The van der Waals surface area contributed by atoms with Crippen LogP contribution < -0.4 is 10.1 Å². The van der Waals surface area contributed by atoms with Crippen LogP contribution >= 0.6 is 11.6 Å². The van der Waals surface area contributed by atoms with Crippen molar-refractivity contribution in [1.29, 1.82) is 0 Å². The number of carbonyl (C=O) groups excluding carboxylic acids is 1. The molecule has 0 atom stereocenters. The standard InChI is InChI=1S/C15H16ClNO2/c1-19-13-6-5-11-3-2-4-12(14(11)9-13)7-8-17-15(18)10-16/h2-6,9H,7-8,10H2,1H3,(H,17,18). The van der Waals surface area contributed by atoms with Crippen LogP contribution in [0.2, 0.25) is 0 Å². The minimum atomic E-state index is -0.139. The Morgan fingerprint density at radius 3 is 2.89 bits per heavy atom. The summed E-state index contributed by atoms with van der Waals surface area (Å²) >= 11 is 5.44. The van der Waals surface area contributed by atoms with Crippen molar-refractivity contribution < 1.29 is 9.53 Å². The summed E-state index contributed by atoms with van der Waals surface area (Å²) in [5.41, 5.74) is 1.19. The van der Waals surface area contributed by atoms with Crippen molar-refractivity contribution in [3.63, 3.8) is 0 Å². The maximum atomic E-state index is 11.1. The molecule has 0 aliphatic rings. The molecule has 1 amide bonds. The van der Waals surface area contributed by atoms with Crippen LogP contribution in [-0.2, 0) is 11.2 Å². The molecule has 0 aliphatic carbocycles. The second kappa shape index (κ2) is 6.43. The fraction of sp³-hybridized carbons (Fsp3) is 0.267. The topological polar surface area (TPSA) is 38.3 Å². The summed E-state index contributed by atoms with van der Waals surface area (Å²) in [7, 11) is 1.66. The smallest absolute Gasteiger partial charge is 0.234 e. The van der Waals surface area contributed by atoms with Crippen LogP contribution in [0, 0.1) is 0 Å². The molecule has 4 heteroatoms. The summed E-state index contributed by atoms with van der Waals surface area (Å²) in [6.07, 6.45) is 0.771. The lowest BCUT2D eigenvalue weighted by atomic mass is 10.0. The van der Waals surface area contributed by atoms with E-state index in [1.165, 1.54) is 10.9 Å². The minimum Gasteiger partial charge on any atom is -0.497 e. The molecule has 3 nitrogen and oxygen atoms in total. The number of nitrogens with one attached hydrogen (secondary N) is 1. The van der Waals surface area contributed by atoms with E-state index < -0.39 is 0 Å². The fourth-order valence-electron chi connectivity index (χ4n) is 2.05. The van der Waals surface area contributed by atoms with Crippen molar-refractivity contribution in [3.05, 3.63) is 42.0 Å². The van der Waals surface area contributed by atoms with E-state index in [4.69, 9.17) is 16.3 Å². The number of carbonyl (C=O) groups is 1. The van der Waals surface area contributed by atoms with Crippen molar-refractivity contribution >= 4 is 28.3 Å². The van der Waals surface area contributed by atoms with Gasteiger partial charge in [-0.15, -0.1) is 11.6 Å². The number of rotatable bonds is 5. The third kappa shape index (κ3) is 3.38. The monoisotopic (exact) mass is 277 g/mol. The number of amides is 1. The quantitative estimate of drug-likeness (QED) is 0.854. The summed E-state index contributed by atoms with van der Waals surface area (Å²) in [6.45, 7) is 0.585. The van der Waals surface area contributed by atoms with Gasteiger partial charge in [-0.3, -0.25) is 4.79 Å². The zero-order valence-corrected chi connectivity index (χ0v) is 11.5. The van der Waals surface area contributed by atoms with E-state index in [9.17, 15) is 4.79 Å². The minimum absolute atomic E-state index is 0.00333. The molecule has 0 radical (unpaired) electrons. The maximum Gasteiger partial charge on any atom is 0.234 e. The van der Waals surface area contributed by atoms with Crippen LogP contribution in [0.15, 0.2) is 36.4 Å². The highest BCUT2D eigenvalue weighted by Gasteiger charge is 2.04. The van der Waals surface area contributed by atoms with E-state index in [2.05, 4.69) is 17.4 Å². The lowest BCUT2D eigenvalue weighted by Crippen LogP contribution is -2.26. The van der Waals surface area contributed by atoms with Crippen LogP contribution in [0.4, 0.5) is 0 Å². The number of hydrogen-bond donors (Lipinski definition) is 1. The molecule has 100 valence electrons. The van der Waals surface area contributed by atoms with E-state index in [0.717, 1.165) is 17.6 Å². The summed E-state index contributed by atoms with van der Waals surface area (Å²) in [6, 6.07) is 12.2. The molecular weight excluding hydrogens is 262 g/mol. The molecule has 0 unspecified atom stereocenters. The summed E-state index contributed by atoms with van der Waals surface area (Å²) < 4.78 is 5.25. The Hall–Kier alpha value is -1.74. The number of ether oxygens (including phenoxy) is 1. The van der Waals surface area contributed by atoms with Crippen molar-refractivity contribution in [3.8, 4) is 5.75 Å². The van der Waals surface area contributed by atoms with E-state index in [-0.39, 0.29) is 11.8 Å². The second-order valence-electron chi connectivity index (χ2n) is 4.24. The number of benzene rings is 2. The highest BCUT2D eigenvalue weighted by Crippen LogP contribution is 2.24. The average molecular weight is 278 g/mol. The second-order valence-corrected chi connectivity index (χ2v) is 4.51. The Labute approximate surface area is 117 Å². The van der Waals surface area contributed by atoms with Crippen LogP contribution in [0.5, 0.6) is 5.75 Å². The molecule has 0 bridgehead atoms. The van der Waals surface area contributed by atoms with Crippen LogP contribution in [0.1, 0.15) is 5.56 Å². The van der Waals surface area contributed by atoms with Crippen molar-refractivity contribution in [2.75, 3.05) is 19.5 Å². The van der Waals surface area contributed by atoms with Gasteiger partial charge in [0.1, 0.15) is 11.6 Å². The SMILES string of the molecule is COc1ccc2cccc(CCNC(=O)CCl)c2c1. The summed E-state index contributed by atoms with van der Waals surface area (Å²) in [5, 5.41) is 5.10. The van der Waals surface area contributed by atoms with Gasteiger partial charge in [0.2, 0.25) is 5.91 Å². The highest BCUT2D eigenvalue weighted by atomic mass is 35.5. The molecule has 0 heterocycles. The Balaban J connectivity index is 2.19. The van der Waals surface area contributed by atoms with Gasteiger partial charge in [-0.1, -0.05) is 24.3 Å². The third-order valence-electron chi connectivity index (χ3n) is 3.02. The van der Waals surface area contributed by atoms with Gasteiger partial charge < -0.3 is 10.1 Å². The first kappa shape index (κ1) is 13.7. The predicted molar refractivity (Wildman–Crippen MR) is 77.9 cm³/mol. The molecule has 0 spiro atoms. The Morgan fingerprint density at radius 2 is 2.16 bits per heavy atom. The Bertz CT molecular complexity index is 583. The Kier molecular flexibility index (Phi) is 4.63. The van der Waals surface area contributed by atoms with Gasteiger partial charge >= 0.3 is 0 Å². The molecule has 0 saturated carbocycles. The third-order valence-corrected chi connectivity index (χ3v) is 3.26. The lowest BCUT2D eigenvalue weighted by molar-refractivity contribution is -0.118. The zero-order chi connectivity index (χ0) is 13.7. The normalized spacial score (nSPS) is 10.4. The number of methoxy groups -OCH3 is 1. The van der Waals surface area contributed by atoms with Crippen molar-refractivity contribution in [2.24, 2.45) is 0 Å². The molecule has 0 saturated heterocycles. The maximum absolute atomic E-state index is 11.1. The van der Waals surface area contributed by atoms with E-state index >= 15 is 0 Å². The molecule has 1 N–H and O–H groups in total. The van der Waals surface area contributed by atoms with Crippen LogP contribution in [0.3, 0.4) is 0 Å². The zero-order valence-electron chi connectivity index (χ0n) is 10.8. The largest absolute Gasteiger partial charge is 0.497 e. The molecule has 19 heavy (non-hydrogen) atoms. The molecule has 0 fully saturated rings. The van der Waals surface area contributed by atoms with Crippen molar-refractivity contribution in [1.82, 2.24) is 5.32 Å². The van der Waals surface area contributed by atoms with E-state index in [0.29, 0.717) is 6.54 Å². The highest BCUT2D eigenvalue weighted by molar-refractivity contribution is 6.27. The molecule has 0 aliphatic heterocycles. The number of alkyl halides is 1. The predicted octanol–water partition coefficient (Wildman–Crippen LogP) is 2.75. The van der Waals surface area contributed by atoms with Gasteiger partial charge in [0.25, 0.3) is 0 Å². The molecule has 2 aromatic carbocycles. The van der Waals surface area contributed by atoms with E-state index in [1.54, 1.807) is 7.11 Å². The number of fused-ring (bicyclic) bond motifs is 1. The average Bonchev–Trinajstić information content (AvgIpc) is 2.46. The molecule has 0 aromatic heterocycles. The van der Waals surface area contributed by atoms with Gasteiger partial charge in [0.05, 0.1) is 7.11 Å². The first-order chi connectivity index (χ1) is 9.24. The fourth-order valence-corrected chi connectivity index (χ4v) is 2.14. The summed E-state index contributed by atoms with van der Waals surface area (Å²) in [4.78, 5) is 11.1. The number of halogens is 1. The van der Waals surface area contributed by atoms with Crippen molar-refractivity contribution in [2.45, 2.75) is 6.42 Å². The molecule has 2 rings (SSSR count). The summed E-state index contributed by atoms with van der Waals surface area (Å²) in [5.74, 6) is 0.702. The van der Waals surface area contributed by atoms with Crippen LogP contribution in [-0.4, -0.2) is 25.4 Å². The lowest BCUT2D eigenvalue weighted by Gasteiger charge is -2.09. The van der Waals surface area contributed by atoms with E-state index in [1.807, 2.05) is 24.3 Å². The molecular formula is C15H16ClNO2. The first-order valence-corrected chi connectivity index (χ1v) is 6.66. The van der Waals surface area contributed by atoms with Gasteiger partial charge in [-0.05, 0) is 34.9 Å². The van der Waals surface area contributed by atoms with Crippen LogP contribution in [0.25, 0.3) is 10.8 Å². The molecule has 2 aromatic rings. The first-order valence-electron chi connectivity index (χ1n) is 6.13.